The molecule has 55 heavy (non-hydrogen) atoms. The fourth-order valence-electron chi connectivity index (χ4n) is 6.51. The van der Waals surface area contributed by atoms with Crippen LogP contribution in [0.2, 0.25) is 0 Å². The number of aliphatic hydroxyl groups excluding tert-OH is 1. The Hall–Kier alpha value is -5.49. The van der Waals surface area contributed by atoms with Crippen LogP contribution in [0.5, 0.6) is 0 Å². The van der Waals surface area contributed by atoms with Gasteiger partial charge in [0.25, 0.3) is 0 Å². The van der Waals surface area contributed by atoms with E-state index < -0.39 is 65.1 Å². The van der Waals surface area contributed by atoms with Crippen LogP contribution in [0.15, 0.2) is 91.3 Å². The summed E-state index contributed by atoms with van der Waals surface area (Å²) in [7, 11) is 2.46. The number of aromatic nitrogens is 1. The van der Waals surface area contributed by atoms with Gasteiger partial charge >= 0.3 is 12.2 Å². The van der Waals surface area contributed by atoms with Crippen LogP contribution in [-0.2, 0) is 31.9 Å². The minimum absolute atomic E-state index is 0.0467. The van der Waals surface area contributed by atoms with E-state index in [1.54, 1.807) is 0 Å². The molecule has 294 valence electrons. The van der Waals surface area contributed by atoms with E-state index in [0.717, 1.165) is 33.0 Å². The number of methoxy groups -OCH3 is 2. The molecule has 12 nitrogen and oxygen atoms in total. The Labute approximate surface area is 323 Å². The molecule has 4 aromatic rings. The summed E-state index contributed by atoms with van der Waals surface area (Å²) < 4.78 is 9.61. The van der Waals surface area contributed by atoms with Crippen molar-refractivity contribution < 1.29 is 33.8 Å². The normalized spacial score (nSPS) is 14.4. The molecule has 0 radical (unpaired) electrons. The Balaban J connectivity index is 1.67. The summed E-state index contributed by atoms with van der Waals surface area (Å²) in [6.45, 7) is 10.9. The molecule has 0 saturated heterocycles. The van der Waals surface area contributed by atoms with Gasteiger partial charge in [0.15, 0.2) is 0 Å². The van der Waals surface area contributed by atoms with Gasteiger partial charge in [0.05, 0.1) is 26.4 Å². The Morgan fingerprint density at radius 3 is 1.75 bits per heavy atom. The largest absolute Gasteiger partial charge is 0.453 e. The van der Waals surface area contributed by atoms with E-state index >= 15 is 0 Å². The van der Waals surface area contributed by atoms with E-state index in [4.69, 9.17) is 9.47 Å². The summed E-state index contributed by atoms with van der Waals surface area (Å²) in [4.78, 5) is 56.8. The maximum atomic E-state index is 14.0. The van der Waals surface area contributed by atoms with E-state index in [-0.39, 0.29) is 12.8 Å². The number of pyridine rings is 1. The lowest BCUT2D eigenvalue weighted by atomic mass is 9.85. The highest BCUT2D eigenvalue weighted by Gasteiger charge is 2.37. The number of hydrogen-bond donors (Lipinski definition) is 5. The molecule has 0 fully saturated rings. The molecule has 0 unspecified atom stereocenters. The Morgan fingerprint density at radius 1 is 0.655 bits per heavy atom. The van der Waals surface area contributed by atoms with E-state index in [1.807, 2.05) is 127 Å². The molecule has 1 heterocycles. The van der Waals surface area contributed by atoms with Crippen LogP contribution in [0.3, 0.4) is 0 Å². The van der Waals surface area contributed by atoms with Crippen LogP contribution >= 0.6 is 0 Å². The third-order valence-electron chi connectivity index (χ3n) is 9.53. The summed E-state index contributed by atoms with van der Waals surface area (Å²) in [5, 5.41) is 25.5. The topological polar surface area (TPSA) is 168 Å². The first-order valence-electron chi connectivity index (χ1n) is 18.4. The van der Waals surface area contributed by atoms with Crippen molar-refractivity contribution >= 4 is 34.8 Å². The molecular formula is C43H55N5O7. The highest BCUT2D eigenvalue weighted by Crippen LogP contribution is 2.28. The number of benzene rings is 3. The predicted octanol–water partition coefficient (Wildman–Crippen LogP) is 5.95. The van der Waals surface area contributed by atoms with Gasteiger partial charge < -0.3 is 35.8 Å². The van der Waals surface area contributed by atoms with Gasteiger partial charge in [-0.05, 0) is 52.2 Å². The average Bonchev–Trinajstić information content (AvgIpc) is 3.14. The minimum atomic E-state index is -1.17. The average molecular weight is 754 g/mol. The molecule has 0 spiro atoms. The Morgan fingerprint density at radius 2 is 1.18 bits per heavy atom. The Kier molecular flexibility index (Phi) is 14.4. The summed E-state index contributed by atoms with van der Waals surface area (Å²) in [6, 6.07) is 22.0. The smallest absolute Gasteiger partial charge is 0.407 e. The maximum Gasteiger partial charge on any atom is 0.407 e. The number of carbonyl (C=O) groups excluding carboxylic acids is 4. The maximum absolute atomic E-state index is 14.0. The number of nitrogens with zero attached hydrogens (tertiary/aromatic N) is 1. The van der Waals surface area contributed by atoms with Crippen molar-refractivity contribution in [2.75, 3.05) is 14.2 Å². The van der Waals surface area contributed by atoms with E-state index in [9.17, 15) is 24.3 Å². The molecule has 0 aliphatic heterocycles. The van der Waals surface area contributed by atoms with Crippen LogP contribution in [0.1, 0.15) is 59.1 Å². The molecule has 1 aromatic heterocycles. The first kappa shape index (κ1) is 42.3. The highest BCUT2D eigenvalue weighted by atomic mass is 16.5. The standard InChI is InChI=1S/C43H55N5O7/c1-42(2,3)36(47-40(52)54-7)38(50)45-31(22-27-14-10-9-11-15-27)24-35(49)34(46-39(51)37(43(4,5)6)48-41(53)55-8)23-28-18-20-29(21-19-28)33-26-44-25-30-16-12-13-17-32(30)33/h9-21,25-26,31,34-37,49H,22-24H2,1-8H3,(H,45,50)(H,46,51)(H,47,52)(H,48,53)/t31-,34-,35-,36+,37+/m0/s1. The molecule has 4 rings (SSSR count). The van der Waals surface area contributed by atoms with Gasteiger partial charge in [0, 0.05) is 29.4 Å². The van der Waals surface area contributed by atoms with Crippen molar-refractivity contribution in [1.29, 1.82) is 0 Å². The molecule has 5 atom stereocenters. The SMILES string of the molecule is COC(=O)N[C@H](C(=O)N[C@@H](Cc1ccccc1)C[C@H](O)[C@H](Cc1ccc(-c2cncc3ccccc23)cc1)NC(=O)[C@@H](NC(=O)OC)C(C)(C)C)C(C)(C)C. The van der Waals surface area contributed by atoms with Gasteiger partial charge in [-0.25, -0.2) is 9.59 Å². The van der Waals surface area contributed by atoms with E-state index in [0.29, 0.717) is 6.42 Å². The molecule has 3 aromatic carbocycles. The summed E-state index contributed by atoms with van der Waals surface area (Å²) >= 11 is 0. The molecule has 4 amide bonds. The number of hydrogen-bond acceptors (Lipinski definition) is 8. The fourth-order valence-corrected chi connectivity index (χ4v) is 6.51. The van der Waals surface area contributed by atoms with Gasteiger partial charge in [-0.2, -0.15) is 0 Å². The van der Waals surface area contributed by atoms with E-state index in [2.05, 4.69) is 32.3 Å². The van der Waals surface area contributed by atoms with Crippen LogP contribution in [0, 0.1) is 10.8 Å². The number of ether oxygens (including phenoxy) is 2. The van der Waals surface area contributed by atoms with Crippen LogP contribution < -0.4 is 21.3 Å². The predicted molar refractivity (Wildman–Crippen MR) is 213 cm³/mol. The number of carbonyl (C=O) groups is 4. The zero-order valence-corrected chi connectivity index (χ0v) is 33.0. The van der Waals surface area contributed by atoms with E-state index in [1.165, 1.54) is 14.2 Å². The second-order valence-corrected chi connectivity index (χ2v) is 16.0. The first-order chi connectivity index (χ1) is 26.0. The number of rotatable bonds is 14. The number of amides is 4. The van der Waals surface area contributed by atoms with Crippen LogP contribution in [0.4, 0.5) is 9.59 Å². The fraction of sp³-hybridized carbons (Fsp3) is 0.419. The van der Waals surface area contributed by atoms with Gasteiger partial charge in [0.2, 0.25) is 11.8 Å². The quantitative estimate of drug-likeness (QED) is 0.105. The molecule has 0 aliphatic rings. The summed E-state index contributed by atoms with van der Waals surface area (Å²) in [6.07, 6.45) is 1.63. The lowest BCUT2D eigenvalue weighted by molar-refractivity contribution is -0.128. The number of nitrogens with one attached hydrogen (secondary N) is 4. The molecule has 0 bridgehead atoms. The molecule has 0 aliphatic carbocycles. The van der Waals surface area contributed by atoms with Crippen molar-refractivity contribution in [3.63, 3.8) is 0 Å². The van der Waals surface area contributed by atoms with Crippen molar-refractivity contribution in [2.45, 2.75) is 91.1 Å². The summed E-state index contributed by atoms with van der Waals surface area (Å²) in [5.41, 5.74) is 2.32. The zero-order chi connectivity index (χ0) is 40.3. The highest BCUT2D eigenvalue weighted by molar-refractivity contribution is 5.95. The third-order valence-corrected chi connectivity index (χ3v) is 9.53. The van der Waals surface area contributed by atoms with Crippen molar-refractivity contribution in [1.82, 2.24) is 26.3 Å². The van der Waals surface area contributed by atoms with Crippen molar-refractivity contribution in [2.24, 2.45) is 10.8 Å². The van der Waals surface area contributed by atoms with Gasteiger partial charge in [0.1, 0.15) is 12.1 Å². The van der Waals surface area contributed by atoms with Crippen LogP contribution in [-0.4, -0.2) is 78.6 Å². The second-order valence-electron chi connectivity index (χ2n) is 16.0. The molecule has 5 N–H and O–H groups in total. The molecule has 12 heteroatoms. The van der Waals surface area contributed by atoms with Gasteiger partial charge in [-0.15, -0.1) is 0 Å². The lowest BCUT2D eigenvalue weighted by Crippen LogP contribution is -2.59. The minimum Gasteiger partial charge on any atom is -0.453 e. The summed E-state index contributed by atoms with van der Waals surface area (Å²) in [5.74, 6) is -0.945. The Bertz CT molecular complexity index is 1900. The number of alkyl carbamates (subject to hydrolysis) is 2. The van der Waals surface area contributed by atoms with Gasteiger partial charge in [-0.3, -0.25) is 14.6 Å². The lowest BCUT2D eigenvalue weighted by Gasteiger charge is -2.34. The van der Waals surface area contributed by atoms with Crippen molar-refractivity contribution in [3.8, 4) is 11.1 Å². The van der Waals surface area contributed by atoms with Crippen molar-refractivity contribution in [3.05, 3.63) is 102 Å². The van der Waals surface area contributed by atoms with Gasteiger partial charge in [-0.1, -0.05) is 120 Å². The number of fused-ring (bicyclic) bond motifs is 1. The first-order valence-corrected chi connectivity index (χ1v) is 18.4. The monoisotopic (exact) mass is 753 g/mol. The third kappa shape index (κ3) is 12.0. The number of aliphatic hydroxyl groups is 1. The molecule has 0 saturated carbocycles. The van der Waals surface area contributed by atoms with Crippen LogP contribution in [0.25, 0.3) is 21.9 Å². The molecular weight excluding hydrogens is 699 g/mol. The second kappa shape index (κ2) is 18.7. The zero-order valence-electron chi connectivity index (χ0n) is 33.0.